The first-order valence-electron chi connectivity index (χ1n) is 6.79. The summed E-state index contributed by atoms with van der Waals surface area (Å²) in [6.45, 7) is 7.60. The van der Waals surface area contributed by atoms with Gasteiger partial charge in [0.05, 0.1) is 6.04 Å². The fraction of sp³-hybridized carbons (Fsp3) is 0.429. The number of hydrogen-bond donors (Lipinski definition) is 2. The van der Waals surface area contributed by atoms with E-state index in [1.54, 1.807) is 19.3 Å². The largest absolute Gasteiger partial charge is 0.342 e. The Morgan fingerprint density at radius 1 is 1.33 bits per heavy atom. The number of rotatable bonds is 4. The molecule has 1 unspecified atom stereocenters. The van der Waals surface area contributed by atoms with Crippen LogP contribution in [0.25, 0.3) is 0 Å². The average molecular weight is 289 g/mol. The normalized spacial score (nSPS) is 12.4. The van der Waals surface area contributed by atoms with Crippen LogP contribution in [0, 0.1) is 6.92 Å². The summed E-state index contributed by atoms with van der Waals surface area (Å²) in [4.78, 5) is 26.2. The molecule has 0 aromatic carbocycles. The quantitative estimate of drug-likeness (QED) is 0.888. The molecule has 7 heteroatoms. The highest BCUT2D eigenvalue weighted by Gasteiger charge is 2.18. The third-order valence-corrected chi connectivity index (χ3v) is 3.13. The molecule has 0 fully saturated rings. The van der Waals surface area contributed by atoms with Crippen molar-refractivity contribution in [3.05, 3.63) is 45.9 Å². The van der Waals surface area contributed by atoms with Gasteiger partial charge < -0.3 is 14.9 Å². The monoisotopic (exact) mass is 289 g/mol. The van der Waals surface area contributed by atoms with E-state index in [0.29, 0.717) is 17.1 Å². The van der Waals surface area contributed by atoms with Crippen molar-refractivity contribution < 1.29 is 4.79 Å². The van der Waals surface area contributed by atoms with E-state index in [1.807, 2.05) is 25.3 Å². The molecule has 2 N–H and O–H groups in total. The second-order valence-electron chi connectivity index (χ2n) is 5.30. The molecule has 2 rings (SSSR count). The number of nitrogens with one attached hydrogen (secondary N) is 2. The van der Waals surface area contributed by atoms with Crippen molar-refractivity contribution in [3.8, 4) is 0 Å². The summed E-state index contributed by atoms with van der Waals surface area (Å²) in [7, 11) is 0. The van der Waals surface area contributed by atoms with Crippen molar-refractivity contribution in [3.63, 3.8) is 0 Å². The molecule has 0 saturated heterocycles. The van der Waals surface area contributed by atoms with Crippen molar-refractivity contribution in [1.82, 2.24) is 25.1 Å². The fourth-order valence-corrected chi connectivity index (χ4v) is 2.12. The van der Waals surface area contributed by atoms with E-state index >= 15 is 0 Å². The summed E-state index contributed by atoms with van der Waals surface area (Å²) in [6, 6.07) is 2.82. The minimum Gasteiger partial charge on any atom is -0.342 e. The predicted molar refractivity (Wildman–Crippen MR) is 78.1 cm³/mol. The molecule has 0 aliphatic heterocycles. The number of carbonyl (C=O) groups excluding carboxylic acids is 1. The number of nitrogens with zero attached hydrogens (tertiary/aromatic N) is 3. The highest BCUT2D eigenvalue weighted by molar-refractivity contribution is 5.94. The van der Waals surface area contributed by atoms with Crippen LogP contribution >= 0.6 is 0 Å². The first kappa shape index (κ1) is 15.0. The summed E-state index contributed by atoms with van der Waals surface area (Å²) in [6.07, 6.45) is 1.64. The van der Waals surface area contributed by atoms with E-state index in [-0.39, 0.29) is 23.6 Å². The van der Waals surface area contributed by atoms with Crippen LogP contribution in [0.4, 0.5) is 0 Å². The standard InChI is InChI=1S/C14H19N5O2/c1-8(2)19-7-15-18-13(19)10(4)17-14(21)11-5-9(3)16-12(20)6-11/h5-8,10H,1-4H3,(H,16,20)(H,17,21). The molecule has 1 atom stereocenters. The van der Waals surface area contributed by atoms with Crippen LogP contribution in [0.15, 0.2) is 23.3 Å². The maximum absolute atomic E-state index is 12.2. The molecule has 0 saturated carbocycles. The van der Waals surface area contributed by atoms with Crippen molar-refractivity contribution in [2.45, 2.75) is 39.8 Å². The van der Waals surface area contributed by atoms with Crippen LogP contribution in [0.1, 0.15) is 54.7 Å². The van der Waals surface area contributed by atoms with E-state index in [2.05, 4.69) is 20.5 Å². The summed E-state index contributed by atoms with van der Waals surface area (Å²) in [5.74, 6) is 0.370. The smallest absolute Gasteiger partial charge is 0.252 e. The van der Waals surface area contributed by atoms with Crippen LogP contribution in [0.3, 0.4) is 0 Å². The Morgan fingerprint density at radius 3 is 2.67 bits per heavy atom. The predicted octanol–water partition coefficient (Wildman–Crippen LogP) is 1.35. The SMILES string of the molecule is Cc1cc(C(=O)NC(C)c2nncn2C(C)C)cc(=O)[nH]1. The number of H-pyrrole nitrogens is 1. The van der Waals surface area contributed by atoms with Crippen LogP contribution < -0.4 is 10.9 Å². The van der Waals surface area contributed by atoms with E-state index in [1.165, 1.54) is 6.07 Å². The lowest BCUT2D eigenvalue weighted by Crippen LogP contribution is -2.30. The Balaban J connectivity index is 2.19. The highest BCUT2D eigenvalue weighted by Crippen LogP contribution is 2.14. The molecule has 0 spiro atoms. The van der Waals surface area contributed by atoms with Crippen LogP contribution in [0.2, 0.25) is 0 Å². The average Bonchev–Trinajstić information content (AvgIpc) is 2.86. The number of hydrogen-bond acceptors (Lipinski definition) is 4. The molecule has 21 heavy (non-hydrogen) atoms. The van der Waals surface area contributed by atoms with Crippen molar-refractivity contribution >= 4 is 5.91 Å². The second kappa shape index (κ2) is 5.90. The van der Waals surface area contributed by atoms with E-state index in [9.17, 15) is 9.59 Å². The molecule has 2 heterocycles. The minimum absolute atomic E-state index is 0.205. The van der Waals surface area contributed by atoms with Gasteiger partial charge in [-0.25, -0.2) is 0 Å². The Morgan fingerprint density at radius 2 is 2.05 bits per heavy atom. The number of amides is 1. The Hall–Kier alpha value is -2.44. The van der Waals surface area contributed by atoms with Crippen molar-refractivity contribution in [2.24, 2.45) is 0 Å². The Bertz CT molecular complexity index is 701. The number of aromatic amines is 1. The van der Waals surface area contributed by atoms with E-state index < -0.39 is 0 Å². The van der Waals surface area contributed by atoms with Crippen LogP contribution in [-0.4, -0.2) is 25.7 Å². The van der Waals surface area contributed by atoms with Gasteiger partial charge in [0.2, 0.25) is 5.56 Å². The van der Waals surface area contributed by atoms with Gasteiger partial charge in [-0.3, -0.25) is 9.59 Å². The van der Waals surface area contributed by atoms with E-state index in [0.717, 1.165) is 0 Å². The van der Waals surface area contributed by atoms with Gasteiger partial charge in [-0.2, -0.15) is 0 Å². The number of carbonyl (C=O) groups is 1. The van der Waals surface area contributed by atoms with Crippen molar-refractivity contribution in [2.75, 3.05) is 0 Å². The topological polar surface area (TPSA) is 92.7 Å². The molecule has 1 amide bonds. The first-order valence-corrected chi connectivity index (χ1v) is 6.79. The third kappa shape index (κ3) is 3.36. The summed E-state index contributed by atoms with van der Waals surface area (Å²) in [5.41, 5.74) is 0.683. The van der Waals surface area contributed by atoms with Crippen LogP contribution in [-0.2, 0) is 0 Å². The van der Waals surface area contributed by atoms with Gasteiger partial charge in [-0.1, -0.05) is 0 Å². The zero-order chi connectivity index (χ0) is 15.6. The zero-order valence-corrected chi connectivity index (χ0v) is 12.5. The molecule has 0 bridgehead atoms. The second-order valence-corrected chi connectivity index (χ2v) is 5.30. The minimum atomic E-state index is -0.310. The summed E-state index contributed by atoms with van der Waals surface area (Å²) in [5, 5.41) is 10.8. The van der Waals surface area contributed by atoms with Gasteiger partial charge in [0.15, 0.2) is 5.82 Å². The first-order chi connectivity index (χ1) is 9.88. The summed E-state index contributed by atoms with van der Waals surface area (Å²) < 4.78 is 1.90. The van der Waals surface area contributed by atoms with Gasteiger partial charge in [-0.15, -0.1) is 10.2 Å². The van der Waals surface area contributed by atoms with Gasteiger partial charge >= 0.3 is 0 Å². The zero-order valence-electron chi connectivity index (χ0n) is 12.5. The number of pyridine rings is 1. The van der Waals surface area contributed by atoms with Gasteiger partial charge in [0.1, 0.15) is 6.33 Å². The molecular formula is C14H19N5O2. The molecule has 2 aromatic rings. The Labute approximate surface area is 122 Å². The van der Waals surface area contributed by atoms with Crippen LogP contribution in [0.5, 0.6) is 0 Å². The van der Waals surface area contributed by atoms with Crippen molar-refractivity contribution in [1.29, 1.82) is 0 Å². The lowest BCUT2D eigenvalue weighted by Gasteiger charge is -2.16. The summed E-state index contributed by atoms with van der Waals surface area (Å²) >= 11 is 0. The molecule has 0 radical (unpaired) electrons. The lowest BCUT2D eigenvalue weighted by molar-refractivity contribution is 0.0937. The molecule has 112 valence electrons. The maximum Gasteiger partial charge on any atom is 0.252 e. The molecule has 2 aromatic heterocycles. The van der Waals surface area contributed by atoms with Gasteiger partial charge in [0, 0.05) is 23.4 Å². The highest BCUT2D eigenvalue weighted by atomic mass is 16.2. The lowest BCUT2D eigenvalue weighted by atomic mass is 10.2. The van der Waals surface area contributed by atoms with E-state index in [4.69, 9.17) is 0 Å². The third-order valence-electron chi connectivity index (χ3n) is 3.13. The number of aryl methyl sites for hydroxylation is 1. The molecule has 7 nitrogen and oxygen atoms in total. The fourth-order valence-electron chi connectivity index (χ4n) is 2.12. The molecular weight excluding hydrogens is 270 g/mol. The number of aromatic nitrogens is 4. The molecule has 0 aliphatic carbocycles. The van der Waals surface area contributed by atoms with Gasteiger partial charge in [0.25, 0.3) is 5.91 Å². The molecule has 0 aliphatic rings. The Kier molecular flexibility index (Phi) is 4.21. The van der Waals surface area contributed by atoms with Gasteiger partial charge in [-0.05, 0) is 33.8 Å². The maximum atomic E-state index is 12.2.